The zero-order chi connectivity index (χ0) is 13.4. The van der Waals surface area contributed by atoms with Crippen LogP contribution in [0.5, 0.6) is 0 Å². The van der Waals surface area contributed by atoms with Crippen LogP contribution in [0, 0.1) is 5.92 Å². The number of hydrogen-bond donors (Lipinski definition) is 0. The Kier molecular flexibility index (Phi) is 3.67. The summed E-state index contributed by atoms with van der Waals surface area (Å²) in [4.78, 5) is 15.9. The number of urea groups is 1. The summed E-state index contributed by atoms with van der Waals surface area (Å²) >= 11 is 0. The quantitative estimate of drug-likeness (QED) is 0.775. The lowest BCUT2D eigenvalue weighted by molar-refractivity contribution is -0.0555. The molecule has 0 radical (unpaired) electrons. The van der Waals surface area contributed by atoms with Crippen molar-refractivity contribution in [2.24, 2.45) is 5.92 Å². The van der Waals surface area contributed by atoms with Gasteiger partial charge in [-0.15, -0.1) is 0 Å². The molecular formula is C14H24N2O3. The average molecular weight is 268 g/mol. The van der Waals surface area contributed by atoms with Gasteiger partial charge in [-0.3, -0.25) is 0 Å². The van der Waals surface area contributed by atoms with E-state index >= 15 is 0 Å². The van der Waals surface area contributed by atoms with Crippen molar-refractivity contribution in [2.45, 2.75) is 43.9 Å². The fourth-order valence-electron chi connectivity index (χ4n) is 3.14. The Morgan fingerprint density at radius 1 is 1.32 bits per heavy atom. The predicted octanol–water partition coefficient (Wildman–Crippen LogP) is 1.33. The van der Waals surface area contributed by atoms with Gasteiger partial charge >= 0.3 is 6.03 Å². The smallest absolute Gasteiger partial charge is 0.319 e. The first-order chi connectivity index (χ1) is 9.16. The van der Waals surface area contributed by atoms with Crippen molar-refractivity contribution in [2.75, 3.05) is 33.9 Å². The van der Waals surface area contributed by atoms with Crippen molar-refractivity contribution in [3.63, 3.8) is 0 Å². The minimum atomic E-state index is 0.0759. The molecule has 0 N–H and O–H groups in total. The number of amides is 2. The molecule has 3 fully saturated rings. The van der Waals surface area contributed by atoms with Crippen molar-refractivity contribution in [3.05, 3.63) is 0 Å². The van der Waals surface area contributed by atoms with Gasteiger partial charge in [-0.05, 0) is 31.6 Å². The van der Waals surface area contributed by atoms with E-state index in [0.29, 0.717) is 13.2 Å². The molecule has 1 heterocycles. The SMILES string of the molecule is CN(C)C(=O)N1CCOC2CCC1C2OCC1CC1. The Morgan fingerprint density at radius 2 is 2.11 bits per heavy atom. The first-order valence-electron chi connectivity index (χ1n) is 7.38. The molecule has 2 saturated carbocycles. The van der Waals surface area contributed by atoms with Gasteiger partial charge in [0.25, 0.3) is 0 Å². The summed E-state index contributed by atoms with van der Waals surface area (Å²) in [6.07, 6.45) is 4.86. The van der Waals surface area contributed by atoms with Crippen molar-refractivity contribution in [1.82, 2.24) is 9.80 Å². The Morgan fingerprint density at radius 3 is 2.79 bits per heavy atom. The summed E-state index contributed by atoms with van der Waals surface area (Å²) in [5, 5.41) is 0. The Bertz CT molecular complexity index is 344. The standard InChI is InChI=1S/C14H24N2O3/c1-15(2)14(17)16-7-8-18-12-6-5-11(16)13(12)19-9-10-3-4-10/h10-13H,3-9H2,1-2H3. The molecule has 5 nitrogen and oxygen atoms in total. The van der Waals surface area contributed by atoms with E-state index in [0.717, 1.165) is 25.4 Å². The number of carbonyl (C=O) groups excluding carboxylic acids is 1. The summed E-state index contributed by atoms with van der Waals surface area (Å²) in [6.45, 7) is 2.15. The van der Waals surface area contributed by atoms with Crippen molar-refractivity contribution in [1.29, 1.82) is 0 Å². The van der Waals surface area contributed by atoms with E-state index in [-0.39, 0.29) is 24.3 Å². The third-order valence-corrected chi connectivity index (χ3v) is 4.41. The van der Waals surface area contributed by atoms with Crippen LogP contribution in [0.2, 0.25) is 0 Å². The zero-order valence-corrected chi connectivity index (χ0v) is 11.9. The molecule has 0 aromatic rings. The second-order valence-corrected chi connectivity index (χ2v) is 6.17. The lowest BCUT2D eigenvalue weighted by Crippen LogP contribution is -2.50. The molecule has 0 aromatic heterocycles. The normalized spacial score (nSPS) is 34.2. The van der Waals surface area contributed by atoms with E-state index in [4.69, 9.17) is 9.47 Å². The van der Waals surface area contributed by atoms with Crippen LogP contribution in [0.25, 0.3) is 0 Å². The fraction of sp³-hybridized carbons (Fsp3) is 0.929. The average Bonchev–Trinajstić information content (AvgIpc) is 3.12. The molecule has 2 aliphatic carbocycles. The van der Waals surface area contributed by atoms with Crippen LogP contribution in [-0.4, -0.2) is 67.9 Å². The Balaban J connectivity index is 1.69. The van der Waals surface area contributed by atoms with Gasteiger partial charge in [-0.1, -0.05) is 0 Å². The minimum absolute atomic E-state index is 0.0759. The van der Waals surface area contributed by atoms with Crippen LogP contribution in [0.4, 0.5) is 4.79 Å². The molecule has 3 rings (SSSR count). The number of nitrogens with zero attached hydrogens (tertiary/aromatic N) is 2. The van der Waals surface area contributed by atoms with Crippen LogP contribution >= 0.6 is 0 Å². The van der Waals surface area contributed by atoms with Crippen LogP contribution in [0.1, 0.15) is 25.7 Å². The summed E-state index contributed by atoms with van der Waals surface area (Å²) in [5.41, 5.74) is 0. The lowest BCUT2D eigenvalue weighted by Gasteiger charge is -2.33. The monoisotopic (exact) mass is 268 g/mol. The van der Waals surface area contributed by atoms with Crippen molar-refractivity contribution < 1.29 is 14.3 Å². The third kappa shape index (κ3) is 2.72. The maximum Gasteiger partial charge on any atom is 0.319 e. The summed E-state index contributed by atoms with van der Waals surface area (Å²) < 4.78 is 12.0. The molecule has 19 heavy (non-hydrogen) atoms. The van der Waals surface area contributed by atoms with Gasteiger partial charge < -0.3 is 19.3 Å². The highest BCUT2D eigenvalue weighted by atomic mass is 16.5. The van der Waals surface area contributed by atoms with Crippen LogP contribution in [0.3, 0.4) is 0 Å². The molecule has 2 bridgehead atoms. The Hall–Kier alpha value is -0.810. The molecule has 2 amide bonds. The Labute approximate surface area is 114 Å². The molecule has 3 aliphatic rings. The predicted molar refractivity (Wildman–Crippen MR) is 71.0 cm³/mol. The van der Waals surface area contributed by atoms with Crippen molar-refractivity contribution in [3.8, 4) is 0 Å². The molecule has 108 valence electrons. The van der Waals surface area contributed by atoms with Gasteiger partial charge in [0.05, 0.1) is 18.8 Å². The van der Waals surface area contributed by atoms with E-state index in [2.05, 4.69) is 0 Å². The van der Waals surface area contributed by atoms with E-state index in [1.165, 1.54) is 12.8 Å². The highest BCUT2D eigenvalue weighted by molar-refractivity contribution is 5.74. The number of hydrogen-bond acceptors (Lipinski definition) is 3. The highest BCUT2D eigenvalue weighted by Crippen LogP contribution is 2.35. The minimum Gasteiger partial charge on any atom is -0.374 e. The van der Waals surface area contributed by atoms with Crippen LogP contribution in [0.15, 0.2) is 0 Å². The van der Waals surface area contributed by atoms with Gasteiger partial charge in [0.2, 0.25) is 0 Å². The third-order valence-electron chi connectivity index (χ3n) is 4.41. The topological polar surface area (TPSA) is 42.0 Å². The van der Waals surface area contributed by atoms with Gasteiger partial charge in [-0.25, -0.2) is 4.79 Å². The molecule has 1 saturated heterocycles. The van der Waals surface area contributed by atoms with E-state index in [1.54, 1.807) is 19.0 Å². The second-order valence-electron chi connectivity index (χ2n) is 6.17. The molecular weight excluding hydrogens is 244 g/mol. The first kappa shape index (κ1) is 13.2. The maximum absolute atomic E-state index is 12.3. The first-order valence-corrected chi connectivity index (χ1v) is 7.38. The number of fused-ring (bicyclic) bond motifs is 2. The summed E-state index contributed by atoms with van der Waals surface area (Å²) in [7, 11) is 3.61. The fourth-order valence-corrected chi connectivity index (χ4v) is 3.14. The molecule has 3 unspecified atom stereocenters. The number of rotatable bonds is 3. The van der Waals surface area contributed by atoms with E-state index in [9.17, 15) is 4.79 Å². The molecule has 1 aliphatic heterocycles. The second kappa shape index (κ2) is 5.29. The molecule has 0 spiro atoms. The largest absolute Gasteiger partial charge is 0.374 e. The van der Waals surface area contributed by atoms with E-state index < -0.39 is 0 Å². The van der Waals surface area contributed by atoms with Gasteiger partial charge in [0.15, 0.2) is 0 Å². The van der Waals surface area contributed by atoms with Crippen LogP contribution in [-0.2, 0) is 9.47 Å². The zero-order valence-electron chi connectivity index (χ0n) is 11.9. The van der Waals surface area contributed by atoms with Gasteiger partial charge in [0.1, 0.15) is 6.10 Å². The van der Waals surface area contributed by atoms with Gasteiger partial charge in [-0.2, -0.15) is 0 Å². The van der Waals surface area contributed by atoms with Crippen LogP contribution < -0.4 is 0 Å². The lowest BCUT2D eigenvalue weighted by atomic mass is 10.1. The molecule has 3 atom stereocenters. The van der Waals surface area contributed by atoms with Gasteiger partial charge in [0, 0.05) is 27.2 Å². The maximum atomic E-state index is 12.3. The number of ether oxygens (including phenoxy) is 2. The summed E-state index contributed by atoms with van der Waals surface area (Å²) in [6, 6.07) is 0.275. The summed E-state index contributed by atoms with van der Waals surface area (Å²) in [5.74, 6) is 0.751. The molecule has 0 aromatic carbocycles. The van der Waals surface area contributed by atoms with Crippen molar-refractivity contribution >= 4 is 6.03 Å². The van der Waals surface area contributed by atoms with E-state index in [1.807, 2.05) is 4.90 Å². The number of carbonyl (C=O) groups is 1. The highest BCUT2D eigenvalue weighted by Gasteiger charge is 2.45. The molecule has 5 heteroatoms.